The number of hydrogen-bond donors (Lipinski definition) is 1. The van der Waals surface area contributed by atoms with Crippen LogP contribution in [0.15, 0.2) is 18.2 Å². The molecule has 1 amide bonds. The Kier molecular flexibility index (Phi) is 2.13. The number of carbonyl (C=O) groups excluding carboxylic acids is 1. The van der Waals surface area contributed by atoms with Crippen LogP contribution in [0, 0.1) is 0 Å². The normalized spacial score (nSPS) is 27.4. The molecule has 1 saturated heterocycles. The first kappa shape index (κ1) is 9.70. The van der Waals surface area contributed by atoms with Crippen LogP contribution in [0.25, 0.3) is 0 Å². The van der Waals surface area contributed by atoms with Crippen LogP contribution in [0.5, 0.6) is 5.75 Å². The van der Waals surface area contributed by atoms with Gasteiger partial charge in [0.1, 0.15) is 5.75 Å². The fourth-order valence-electron chi connectivity index (χ4n) is 2.63. The van der Waals surface area contributed by atoms with Gasteiger partial charge in [-0.15, -0.1) is 0 Å². The Bertz CT molecular complexity index is 442. The predicted octanol–water partition coefficient (Wildman–Crippen LogP) is 1.61. The molecule has 84 valence electrons. The molecule has 1 aromatic rings. The van der Waals surface area contributed by atoms with Gasteiger partial charge < -0.3 is 10.1 Å². The fraction of sp³-hybridized carbons (Fsp3) is 0.462. The van der Waals surface area contributed by atoms with Gasteiger partial charge >= 0.3 is 0 Å². The highest BCUT2D eigenvalue weighted by Crippen LogP contribution is 2.33. The second-order valence-corrected chi connectivity index (χ2v) is 4.63. The van der Waals surface area contributed by atoms with E-state index >= 15 is 0 Å². The second kappa shape index (κ2) is 3.51. The third kappa shape index (κ3) is 1.47. The predicted molar refractivity (Wildman–Crippen MR) is 60.6 cm³/mol. The molecule has 2 unspecified atom stereocenters. The Hall–Kier alpha value is -1.51. The summed E-state index contributed by atoms with van der Waals surface area (Å²) in [4.78, 5) is 11.3. The van der Waals surface area contributed by atoms with Crippen molar-refractivity contribution in [3.05, 3.63) is 29.3 Å². The summed E-state index contributed by atoms with van der Waals surface area (Å²) in [7, 11) is 0. The summed E-state index contributed by atoms with van der Waals surface area (Å²) in [5.41, 5.74) is 2.54. The van der Waals surface area contributed by atoms with Crippen LogP contribution in [0.1, 0.15) is 30.4 Å². The van der Waals surface area contributed by atoms with Gasteiger partial charge in [-0.05, 0) is 24.1 Å². The molecular weight excluding hydrogens is 202 g/mol. The third-order valence-corrected chi connectivity index (χ3v) is 3.54. The standard InChI is InChI=1S/C13H15NO2/c1-8-11(7-13(15)14-8)9-2-3-12-10(6-9)4-5-16-12/h2-3,6,8,11H,4-5,7H2,1H3,(H,14,15). The fourth-order valence-corrected chi connectivity index (χ4v) is 2.63. The number of nitrogens with one attached hydrogen (secondary N) is 1. The Balaban J connectivity index is 1.92. The molecule has 2 heterocycles. The van der Waals surface area contributed by atoms with Gasteiger partial charge in [-0.1, -0.05) is 12.1 Å². The minimum Gasteiger partial charge on any atom is -0.493 e. The zero-order chi connectivity index (χ0) is 11.1. The molecule has 0 radical (unpaired) electrons. The smallest absolute Gasteiger partial charge is 0.220 e. The third-order valence-electron chi connectivity index (χ3n) is 3.54. The van der Waals surface area contributed by atoms with Gasteiger partial charge in [0.2, 0.25) is 5.91 Å². The molecule has 0 bridgehead atoms. The number of carbonyl (C=O) groups is 1. The van der Waals surface area contributed by atoms with Crippen molar-refractivity contribution in [2.24, 2.45) is 0 Å². The Morgan fingerprint density at radius 1 is 1.44 bits per heavy atom. The molecule has 0 spiro atoms. The van der Waals surface area contributed by atoms with E-state index in [-0.39, 0.29) is 11.9 Å². The maximum atomic E-state index is 11.3. The molecule has 0 saturated carbocycles. The maximum Gasteiger partial charge on any atom is 0.220 e. The number of hydrogen-bond acceptors (Lipinski definition) is 2. The van der Waals surface area contributed by atoms with Crippen molar-refractivity contribution in [3.63, 3.8) is 0 Å². The summed E-state index contributed by atoms with van der Waals surface area (Å²) in [5, 5.41) is 2.96. The highest BCUT2D eigenvalue weighted by molar-refractivity contribution is 5.80. The van der Waals surface area contributed by atoms with Crippen molar-refractivity contribution in [3.8, 4) is 5.75 Å². The molecule has 1 N–H and O–H groups in total. The van der Waals surface area contributed by atoms with E-state index in [0.717, 1.165) is 18.8 Å². The molecule has 3 rings (SSSR count). The van der Waals surface area contributed by atoms with E-state index in [2.05, 4.69) is 24.4 Å². The molecule has 16 heavy (non-hydrogen) atoms. The van der Waals surface area contributed by atoms with Crippen LogP contribution in [0.3, 0.4) is 0 Å². The van der Waals surface area contributed by atoms with E-state index < -0.39 is 0 Å². The number of amides is 1. The zero-order valence-corrected chi connectivity index (χ0v) is 9.32. The van der Waals surface area contributed by atoms with E-state index in [0.29, 0.717) is 12.3 Å². The lowest BCUT2D eigenvalue weighted by Gasteiger charge is -2.15. The number of ether oxygens (including phenoxy) is 1. The summed E-state index contributed by atoms with van der Waals surface area (Å²) in [5.74, 6) is 1.49. The maximum absolute atomic E-state index is 11.3. The monoisotopic (exact) mass is 217 g/mol. The van der Waals surface area contributed by atoms with Gasteiger partial charge in [0.05, 0.1) is 6.61 Å². The topological polar surface area (TPSA) is 38.3 Å². The van der Waals surface area contributed by atoms with Crippen molar-refractivity contribution >= 4 is 5.91 Å². The van der Waals surface area contributed by atoms with Crippen LogP contribution < -0.4 is 10.1 Å². The summed E-state index contributed by atoms with van der Waals surface area (Å²) in [6, 6.07) is 6.57. The van der Waals surface area contributed by atoms with E-state index in [1.807, 2.05) is 6.07 Å². The lowest BCUT2D eigenvalue weighted by atomic mass is 9.91. The average molecular weight is 217 g/mol. The minimum absolute atomic E-state index is 0.161. The Morgan fingerprint density at radius 2 is 2.31 bits per heavy atom. The number of rotatable bonds is 1. The van der Waals surface area contributed by atoms with Gasteiger partial charge in [0, 0.05) is 24.8 Å². The molecule has 0 aromatic heterocycles. The van der Waals surface area contributed by atoms with E-state index in [9.17, 15) is 4.79 Å². The number of fused-ring (bicyclic) bond motifs is 1. The van der Waals surface area contributed by atoms with Crippen LogP contribution in [0.2, 0.25) is 0 Å². The first-order valence-electron chi connectivity index (χ1n) is 5.79. The zero-order valence-electron chi connectivity index (χ0n) is 9.32. The average Bonchev–Trinajstić information content (AvgIpc) is 2.83. The van der Waals surface area contributed by atoms with Gasteiger partial charge in [-0.25, -0.2) is 0 Å². The summed E-state index contributed by atoms with van der Waals surface area (Å²) >= 11 is 0. The number of benzene rings is 1. The lowest BCUT2D eigenvalue weighted by molar-refractivity contribution is -0.119. The van der Waals surface area contributed by atoms with Crippen LogP contribution >= 0.6 is 0 Å². The first-order valence-corrected chi connectivity index (χ1v) is 5.79. The van der Waals surface area contributed by atoms with Crippen molar-refractivity contribution in [1.82, 2.24) is 5.32 Å². The molecule has 2 aliphatic rings. The van der Waals surface area contributed by atoms with Crippen LogP contribution in [-0.4, -0.2) is 18.6 Å². The minimum atomic E-state index is 0.161. The molecule has 0 aliphatic carbocycles. The van der Waals surface area contributed by atoms with E-state index in [4.69, 9.17) is 4.74 Å². The van der Waals surface area contributed by atoms with Crippen LogP contribution in [-0.2, 0) is 11.2 Å². The highest BCUT2D eigenvalue weighted by atomic mass is 16.5. The quantitative estimate of drug-likeness (QED) is 0.776. The van der Waals surface area contributed by atoms with Gasteiger partial charge in [0.15, 0.2) is 0 Å². The summed E-state index contributed by atoms with van der Waals surface area (Å²) < 4.78 is 5.48. The molecule has 1 fully saturated rings. The Morgan fingerprint density at radius 3 is 3.06 bits per heavy atom. The largest absolute Gasteiger partial charge is 0.493 e. The molecule has 1 aromatic carbocycles. The van der Waals surface area contributed by atoms with Crippen molar-refractivity contribution in [2.75, 3.05) is 6.61 Å². The van der Waals surface area contributed by atoms with Crippen molar-refractivity contribution in [1.29, 1.82) is 0 Å². The molecule has 3 heteroatoms. The first-order chi connectivity index (χ1) is 7.74. The summed E-state index contributed by atoms with van der Waals surface area (Å²) in [6.45, 7) is 2.86. The van der Waals surface area contributed by atoms with Gasteiger partial charge in [0.25, 0.3) is 0 Å². The molecule has 2 aliphatic heterocycles. The lowest BCUT2D eigenvalue weighted by Crippen LogP contribution is -2.24. The second-order valence-electron chi connectivity index (χ2n) is 4.63. The highest BCUT2D eigenvalue weighted by Gasteiger charge is 2.30. The molecule has 2 atom stereocenters. The summed E-state index contributed by atoms with van der Waals surface area (Å²) in [6.07, 6.45) is 1.60. The van der Waals surface area contributed by atoms with E-state index in [1.54, 1.807) is 0 Å². The van der Waals surface area contributed by atoms with E-state index in [1.165, 1.54) is 11.1 Å². The van der Waals surface area contributed by atoms with Gasteiger partial charge in [-0.2, -0.15) is 0 Å². The Labute approximate surface area is 94.8 Å². The SMILES string of the molecule is CC1NC(=O)CC1c1ccc2c(c1)CCO2. The molecular formula is C13H15NO2. The van der Waals surface area contributed by atoms with Crippen LogP contribution in [0.4, 0.5) is 0 Å². The molecule has 3 nitrogen and oxygen atoms in total. The van der Waals surface area contributed by atoms with Crippen molar-refractivity contribution in [2.45, 2.75) is 31.7 Å². The van der Waals surface area contributed by atoms with Crippen molar-refractivity contribution < 1.29 is 9.53 Å². The van der Waals surface area contributed by atoms with Gasteiger partial charge in [-0.3, -0.25) is 4.79 Å².